The van der Waals surface area contributed by atoms with Crippen LogP contribution >= 0.6 is 11.8 Å². The van der Waals surface area contributed by atoms with Gasteiger partial charge in [-0.25, -0.2) is 0 Å². The molecule has 0 spiro atoms. The Hall–Kier alpha value is -2.18. The van der Waals surface area contributed by atoms with Gasteiger partial charge in [-0.1, -0.05) is 23.9 Å². The van der Waals surface area contributed by atoms with Gasteiger partial charge in [0.05, 0.1) is 7.11 Å². The van der Waals surface area contributed by atoms with Crippen LogP contribution in [0.3, 0.4) is 0 Å². The zero-order chi connectivity index (χ0) is 14.8. The minimum Gasteiger partial charge on any atom is -0.497 e. The molecule has 108 valence electrons. The minimum atomic E-state index is -0.840. The first-order valence-electron chi connectivity index (χ1n) is 6.32. The molecule has 1 fully saturated rings. The summed E-state index contributed by atoms with van der Waals surface area (Å²) in [6.45, 7) is 0. The van der Waals surface area contributed by atoms with Crippen LogP contribution in [0.4, 0.5) is 0 Å². The summed E-state index contributed by atoms with van der Waals surface area (Å²) in [7, 11) is 1.62. The molecule has 0 radical (unpaired) electrons. The normalized spacial score (nSPS) is 19.8. The van der Waals surface area contributed by atoms with Gasteiger partial charge in [0.15, 0.2) is 11.4 Å². The van der Waals surface area contributed by atoms with Gasteiger partial charge in [-0.05, 0) is 30.3 Å². The van der Waals surface area contributed by atoms with Gasteiger partial charge < -0.3 is 19.6 Å². The summed E-state index contributed by atoms with van der Waals surface area (Å²) in [5.74, 6) is 2.12. The van der Waals surface area contributed by atoms with E-state index in [4.69, 9.17) is 14.6 Å². The molecule has 1 aliphatic heterocycles. The van der Waals surface area contributed by atoms with Crippen molar-refractivity contribution in [2.75, 3.05) is 7.11 Å². The summed E-state index contributed by atoms with van der Waals surface area (Å²) in [6.07, 6.45) is 0.890. The maximum absolute atomic E-state index is 9.71. The van der Waals surface area contributed by atoms with E-state index in [2.05, 4.69) is 5.32 Å². The molecule has 3 rings (SSSR count). The highest BCUT2D eigenvalue weighted by atomic mass is 32.2. The highest BCUT2D eigenvalue weighted by Gasteiger charge is 2.23. The lowest BCUT2D eigenvalue weighted by atomic mass is 10.2. The van der Waals surface area contributed by atoms with E-state index in [9.17, 15) is 5.11 Å². The first kappa shape index (κ1) is 13.8. The minimum absolute atomic E-state index is 0.230. The predicted octanol–water partition coefficient (Wildman–Crippen LogP) is 2.89. The van der Waals surface area contributed by atoms with Crippen molar-refractivity contribution in [2.45, 2.75) is 6.23 Å². The highest BCUT2D eigenvalue weighted by molar-refractivity contribution is 8.17. The second-order valence-electron chi connectivity index (χ2n) is 4.46. The van der Waals surface area contributed by atoms with Crippen LogP contribution in [0, 0.1) is 5.41 Å². The Bertz CT molecular complexity index is 708. The van der Waals surface area contributed by atoms with Crippen LogP contribution in [0.15, 0.2) is 45.7 Å². The summed E-state index contributed by atoms with van der Waals surface area (Å²) in [6, 6.07) is 11.3. The fourth-order valence-electron chi connectivity index (χ4n) is 2.01. The second kappa shape index (κ2) is 5.67. The van der Waals surface area contributed by atoms with E-state index in [0.717, 1.165) is 17.1 Å². The molecule has 2 heterocycles. The standard InChI is InChI=1S/C15H14N2O3S/c1-19-10-4-2-3-9(7-10)12-6-5-11(20-12)8-13-14(18)17-15(16)21-13/h2-8,14,18H,1H3,(H2,16,17)/b13-8-. The SMILES string of the molecule is COc1cccc(-c2ccc(/C=C3\SC(=N)NC3O)o2)c1. The lowest BCUT2D eigenvalue weighted by molar-refractivity contribution is 0.210. The van der Waals surface area contributed by atoms with Crippen molar-refractivity contribution in [3.8, 4) is 17.1 Å². The molecule has 0 saturated carbocycles. The number of benzene rings is 1. The van der Waals surface area contributed by atoms with Crippen LogP contribution < -0.4 is 10.1 Å². The molecule has 0 aliphatic carbocycles. The van der Waals surface area contributed by atoms with E-state index in [1.165, 1.54) is 11.8 Å². The third kappa shape index (κ3) is 2.96. The zero-order valence-corrected chi connectivity index (χ0v) is 12.1. The molecule has 2 aromatic rings. The number of nitrogens with one attached hydrogen (secondary N) is 2. The maximum Gasteiger partial charge on any atom is 0.160 e. The molecule has 0 amide bonds. The monoisotopic (exact) mass is 302 g/mol. The van der Waals surface area contributed by atoms with Crippen LogP contribution in [-0.4, -0.2) is 23.6 Å². The van der Waals surface area contributed by atoms with E-state index >= 15 is 0 Å². The van der Waals surface area contributed by atoms with Crippen molar-refractivity contribution in [3.63, 3.8) is 0 Å². The number of hydrogen-bond donors (Lipinski definition) is 3. The average molecular weight is 302 g/mol. The second-order valence-corrected chi connectivity index (χ2v) is 5.54. The molecule has 3 N–H and O–H groups in total. The molecule has 1 atom stereocenters. The number of aliphatic hydroxyl groups is 1. The number of methoxy groups -OCH3 is 1. The summed E-state index contributed by atoms with van der Waals surface area (Å²) >= 11 is 1.18. The third-order valence-corrected chi connectivity index (χ3v) is 3.92. The lowest BCUT2D eigenvalue weighted by Gasteiger charge is -2.02. The van der Waals surface area contributed by atoms with Crippen LogP contribution in [0.25, 0.3) is 17.4 Å². The smallest absolute Gasteiger partial charge is 0.160 e. The van der Waals surface area contributed by atoms with Crippen LogP contribution in [-0.2, 0) is 0 Å². The van der Waals surface area contributed by atoms with Gasteiger partial charge in [0, 0.05) is 10.5 Å². The number of thioether (sulfide) groups is 1. The van der Waals surface area contributed by atoms with E-state index in [0.29, 0.717) is 10.7 Å². The lowest BCUT2D eigenvalue weighted by Crippen LogP contribution is -2.24. The van der Waals surface area contributed by atoms with Gasteiger partial charge in [0.2, 0.25) is 0 Å². The van der Waals surface area contributed by atoms with Crippen LogP contribution in [0.1, 0.15) is 5.76 Å². The van der Waals surface area contributed by atoms with Crippen LogP contribution in [0.2, 0.25) is 0 Å². The number of rotatable bonds is 3. The van der Waals surface area contributed by atoms with E-state index in [1.54, 1.807) is 13.2 Å². The molecule has 1 unspecified atom stereocenters. The quantitative estimate of drug-likeness (QED) is 0.812. The number of amidine groups is 1. The van der Waals surface area contributed by atoms with Crippen molar-refractivity contribution in [3.05, 3.63) is 47.1 Å². The molecular formula is C15H14N2O3S. The Morgan fingerprint density at radius 3 is 2.95 bits per heavy atom. The van der Waals surface area contributed by atoms with E-state index < -0.39 is 6.23 Å². The van der Waals surface area contributed by atoms with Gasteiger partial charge >= 0.3 is 0 Å². The molecule has 1 aliphatic rings. The summed E-state index contributed by atoms with van der Waals surface area (Å²) in [4.78, 5) is 0.645. The Morgan fingerprint density at radius 1 is 1.38 bits per heavy atom. The van der Waals surface area contributed by atoms with Gasteiger partial charge in [-0.15, -0.1) is 0 Å². The van der Waals surface area contributed by atoms with Gasteiger partial charge in [0.1, 0.15) is 17.3 Å². The first-order valence-corrected chi connectivity index (χ1v) is 7.14. The van der Waals surface area contributed by atoms with E-state index in [-0.39, 0.29) is 5.17 Å². The fraction of sp³-hybridized carbons (Fsp3) is 0.133. The molecule has 5 nitrogen and oxygen atoms in total. The van der Waals surface area contributed by atoms with Crippen molar-refractivity contribution in [1.29, 1.82) is 5.41 Å². The highest BCUT2D eigenvalue weighted by Crippen LogP contribution is 2.30. The third-order valence-electron chi connectivity index (χ3n) is 3.02. The molecule has 0 bridgehead atoms. The van der Waals surface area contributed by atoms with Gasteiger partial charge in [-0.3, -0.25) is 5.41 Å². The van der Waals surface area contributed by atoms with Crippen molar-refractivity contribution < 1.29 is 14.3 Å². The molecule has 1 aromatic heterocycles. The Kier molecular flexibility index (Phi) is 3.72. The maximum atomic E-state index is 9.71. The average Bonchev–Trinajstić information content (AvgIpc) is 3.06. The Balaban J connectivity index is 1.86. The number of furan rings is 1. The van der Waals surface area contributed by atoms with Crippen molar-refractivity contribution >= 4 is 23.0 Å². The van der Waals surface area contributed by atoms with Crippen molar-refractivity contribution in [1.82, 2.24) is 5.32 Å². The fourth-order valence-corrected chi connectivity index (χ4v) is 2.76. The first-order chi connectivity index (χ1) is 10.2. The van der Waals surface area contributed by atoms with Crippen LogP contribution in [0.5, 0.6) is 5.75 Å². The Morgan fingerprint density at radius 2 is 2.24 bits per heavy atom. The number of hydrogen-bond acceptors (Lipinski definition) is 5. The topological polar surface area (TPSA) is 78.5 Å². The number of ether oxygens (including phenoxy) is 1. The summed E-state index contributed by atoms with van der Waals surface area (Å²) < 4.78 is 11.0. The summed E-state index contributed by atoms with van der Waals surface area (Å²) in [5, 5.41) is 20.0. The largest absolute Gasteiger partial charge is 0.497 e. The molecule has 6 heteroatoms. The van der Waals surface area contributed by atoms with E-state index in [1.807, 2.05) is 36.4 Å². The predicted molar refractivity (Wildman–Crippen MR) is 83.1 cm³/mol. The molecule has 1 saturated heterocycles. The summed E-state index contributed by atoms with van der Waals surface area (Å²) in [5.41, 5.74) is 0.921. The van der Waals surface area contributed by atoms with Crippen molar-refractivity contribution in [2.24, 2.45) is 0 Å². The Labute approximate surface area is 126 Å². The molecule has 21 heavy (non-hydrogen) atoms. The molecule has 1 aromatic carbocycles. The molecular weight excluding hydrogens is 288 g/mol. The van der Waals surface area contributed by atoms with Gasteiger partial charge in [0.25, 0.3) is 0 Å². The zero-order valence-electron chi connectivity index (χ0n) is 11.3. The number of aliphatic hydroxyl groups excluding tert-OH is 1. The van der Waals surface area contributed by atoms with Gasteiger partial charge in [-0.2, -0.15) is 0 Å².